The van der Waals surface area contributed by atoms with E-state index < -0.39 is 23.5 Å². The van der Waals surface area contributed by atoms with Gasteiger partial charge < -0.3 is 10.2 Å². The van der Waals surface area contributed by atoms with Gasteiger partial charge >= 0.3 is 6.18 Å². The van der Waals surface area contributed by atoms with Crippen LogP contribution < -0.4 is 10.2 Å². The van der Waals surface area contributed by atoms with Gasteiger partial charge in [0.25, 0.3) is 5.91 Å². The Balaban J connectivity index is 1.58. The second-order valence-electron chi connectivity index (χ2n) is 6.23. The molecular weight excluding hydrogens is 386 g/mol. The molecule has 1 aromatic heterocycles. The van der Waals surface area contributed by atoms with Gasteiger partial charge in [0.05, 0.1) is 16.1 Å². The van der Waals surface area contributed by atoms with Crippen molar-refractivity contribution in [2.24, 2.45) is 0 Å². The Labute approximate surface area is 158 Å². The van der Waals surface area contributed by atoms with E-state index in [1.54, 1.807) is 0 Å². The zero-order valence-corrected chi connectivity index (χ0v) is 14.8. The van der Waals surface area contributed by atoms with E-state index in [4.69, 9.17) is 11.6 Å². The molecule has 0 unspecified atom stereocenters. The molecule has 144 valence electrons. The molecule has 0 bridgehead atoms. The summed E-state index contributed by atoms with van der Waals surface area (Å²) in [5.74, 6) is -0.819. The molecule has 0 spiro atoms. The maximum Gasteiger partial charge on any atom is 0.417 e. The van der Waals surface area contributed by atoms with Gasteiger partial charge in [0, 0.05) is 25.3 Å². The topological polar surface area (TPSA) is 45.2 Å². The van der Waals surface area contributed by atoms with Crippen LogP contribution in [-0.2, 0) is 6.18 Å². The van der Waals surface area contributed by atoms with Gasteiger partial charge in [-0.2, -0.15) is 13.2 Å². The largest absolute Gasteiger partial charge is 0.417 e. The summed E-state index contributed by atoms with van der Waals surface area (Å²) in [7, 11) is 0. The van der Waals surface area contributed by atoms with E-state index in [1.165, 1.54) is 24.3 Å². The van der Waals surface area contributed by atoms with Gasteiger partial charge in [-0.05, 0) is 37.1 Å². The number of rotatable bonds is 3. The average molecular weight is 402 g/mol. The number of carbonyl (C=O) groups excluding carboxylic acids is 1. The molecule has 0 radical (unpaired) electrons. The summed E-state index contributed by atoms with van der Waals surface area (Å²) in [6, 6.07) is 6.18. The Morgan fingerprint density at radius 2 is 1.89 bits per heavy atom. The first-order chi connectivity index (χ1) is 12.8. The van der Waals surface area contributed by atoms with Crippen LogP contribution in [0.3, 0.4) is 0 Å². The van der Waals surface area contributed by atoms with Crippen LogP contribution in [0.5, 0.6) is 0 Å². The minimum absolute atomic E-state index is 0.0406. The Bertz CT molecular complexity index is 798. The maximum absolute atomic E-state index is 13.8. The number of nitrogens with zero attached hydrogens (tertiary/aromatic N) is 2. The number of alkyl halides is 3. The van der Waals surface area contributed by atoms with Crippen LogP contribution >= 0.6 is 11.6 Å². The number of carbonyl (C=O) groups is 1. The highest BCUT2D eigenvalue weighted by molar-refractivity contribution is 6.33. The van der Waals surface area contributed by atoms with Crippen molar-refractivity contribution < 1.29 is 22.4 Å². The molecule has 0 saturated carbocycles. The average Bonchev–Trinajstić information content (AvgIpc) is 2.61. The molecule has 1 aliphatic rings. The van der Waals surface area contributed by atoms with Crippen molar-refractivity contribution in [3.63, 3.8) is 0 Å². The summed E-state index contributed by atoms with van der Waals surface area (Å²) in [6.45, 7) is 1.02. The van der Waals surface area contributed by atoms with Crippen molar-refractivity contribution in [1.82, 2.24) is 10.3 Å². The Hall–Kier alpha value is -2.35. The molecule has 0 atom stereocenters. The van der Waals surface area contributed by atoms with Crippen molar-refractivity contribution in [2.45, 2.75) is 25.1 Å². The van der Waals surface area contributed by atoms with Gasteiger partial charge in [-0.25, -0.2) is 9.37 Å². The van der Waals surface area contributed by atoms with Crippen LogP contribution in [0.4, 0.5) is 23.4 Å². The molecule has 0 aliphatic carbocycles. The van der Waals surface area contributed by atoms with Gasteiger partial charge in [0.15, 0.2) is 0 Å². The van der Waals surface area contributed by atoms with Crippen LogP contribution in [0.2, 0.25) is 5.02 Å². The van der Waals surface area contributed by atoms with Gasteiger partial charge in [0.2, 0.25) is 0 Å². The molecule has 2 heterocycles. The third-order valence-electron chi connectivity index (χ3n) is 4.42. The van der Waals surface area contributed by atoms with Crippen LogP contribution in [0, 0.1) is 5.82 Å². The fourth-order valence-electron chi connectivity index (χ4n) is 2.97. The van der Waals surface area contributed by atoms with Crippen LogP contribution in [-0.4, -0.2) is 30.0 Å². The normalized spacial score (nSPS) is 15.7. The first kappa shape index (κ1) is 19.4. The minimum atomic E-state index is -4.42. The number of halogens is 5. The first-order valence-corrected chi connectivity index (χ1v) is 8.66. The number of hydrogen-bond donors (Lipinski definition) is 1. The number of pyridine rings is 1. The van der Waals surface area contributed by atoms with Crippen LogP contribution in [0.1, 0.15) is 28.8 Å². The summed E-state index contributed by atoms with van der Waals surface area (Å²) >= 11 is 5.89. The highest BCUT2D eigenvalue weighted by Gasteiger charge is 2.31. The monoisotopic (exact) mass is 401 g/mol. The van der Waals surface area contributed by atoms with E-state index in [2.05, 4.69) is 10.3 Å². The molecule has 1 aromatic carbocycles. The lowest BCUT2D eigenvalue weighted by molar-refractivity contribution is -0.137. The van der Waals surface area contributed by atoms with E-state index in [1.807, 2.05) is 4.90 Å². The van der Waals surface area contributed by atoms with Crippen molar-refractivity contribution in [3.05, 3.63) is 58.5 Å². The fraction of sp³-hybridized carbons (Fsp3) is 0.333. The second-order valence-corrected chi connectivity index (χ2v) is 6.64. The van der Waals surface area contributed by atoms with E-state index in [-0.39, 0.29) is 16.6 Å². The molecule has 4 nitrogen and oxygen atoms in total. The zero-order chi connectivity index (χ0) is 19.6. The third kappa shape index (κ3) is 4.50. The van der Waals surface area contributed by atoms with Gasteiger partial charge in [-0.1, -0.05) is 17.7 Å². The lowest BCUT2D eigenvalue weighted by Gasteiger charge is -2.33. The van der Waals surface area contributed by atoms with Gasteiger partial charge in [-0.3, -0.25) is 4.79 Å². The van der Waals surface area contributed by atoms with Gasteiger partial charge in [-0.15, -0.1) is 0 Å². The third-order valence-corrected chi connectivity index (χ3v) is 4.73. The molecule has 3 rings (SSSR count). The molecule has 1 N–H and O–H groups in total. The molecule has 1 saturated heterocycles. The van der Waals surface area contributed by atoms with E-state index in [9.17, 15) is 22.4 Å². The van der Waals surface area contributed by atoms with Crippen molar-refractivity contribution in [1.29, 1.82) is 0 Å². The SMILES string of the molecule is O=C(NC1CCN(c2ccc(C(F)(F)F)cn2)CC1)c1c(F)cccc1Cl. The lowest BCUT2D eigenvalue weighted by Crippen LogP contribution is -2.45. The van der Waals surface area contributed by atoms with Crippen molar-refractivity contribution in [2.75, 3.05) is 18.0 Å². The highest BCUT2D eigenvalue weighted by Crippen LogP contribution is 2.30. The Kier molecular flexibility index (Phi) is 5.55. The number of benzene rings is 1. The number of amides is 1. The predicted octanol–water partition coefficient (Wildman–Crippen LogP) is 4.29. The van der Waals surface area contributed by atoms with Crippen molar-refractivity contribution in [3.8, 4) is 0 Å². The van der Waals surface area contributed by atoms with Crippen LogP contribution in [0.25, 0.3) is 0 Å². The predicted molar refractivity (Wildman–Crippen MR) is 93.4 cm³/mol. The minimum Gasteiger partial charge on any atom is -0.356 e. The van der Waals surface area contributed by atoms with Crippen LogP contribution in [0.15, 0.2) is 36.5 Å². The fourth-order valence-corrected chi connectivity index (χ4v) is 3.21. The number of nitrogens with one attached hydrogen (secondary N) is 1. The molecule has 1 aliphatic heterocycles. The molecule has 1 amide bonds. The smallest absolute Gasteiger partial charge is 0.356 e. The summed E-state index contributed by atoms with van der Waals surface area (Å²) < 4.78 is 51.6. The molecular formula is C18H16ClF4N3O. The summed E-state index contributed by atoms with van der Waals surface area (Å²) in [4.78, 5) is 18.0. The van der Waals surface area contributed by atoms with E-state index >= 15 is 0 Å². The highest BCUT2D eigenvalue weighted by atomic mass is 35.5. The maximum atomic E-state index is 13.8. The van der Waals surface area contributed by atoms with Crippen molar-refractivity contribution >= 4 is 23.3 Å². The van der Waals surface area contributed by atoms with E-state index in [0.717, 1.165) is 12.3 Å². The summed E-state index contributed by atoms with van der Waals surface area (Å²) in [5.41, 5.74) is -0.985. The first-order valence-electron chi connectivity index (χ1n) is 8.29. The molecule has 9 heteroatoms. The summed E-state index contributed by atoms with van der Waals surface area (Å²) in [6.07, 6.45) is -2.50. The second kappa shape index (κ2) is 7.72. The zero-order valence-electron chi connectivity index (χ0n) is 14.1. The molecule has 1 fully saturated rings. The Morgan fingerprint density at radius 1 is 1.19 bits per heavy atom. The van der Waals surface area contributed by atoms with E-state index in [0.29, 0.717) is 31.7 Å². The van der Waals surface area contributed by atoms with Gasteiger partial charge in [0.1, 0.15) is 11.6 Å². The quantitative estimate of drug-likeness (QED) is 0.780. The number of piperidine rings is 1. The summed E-state index contributed by atoms with van der Waals surface area (Å²) in [5, 5.41) is 2.80. The number of hydrogen-bond acceptors (Lipinski definition) is 3. The lowest BCUT2D eigenvalue weighted by atomic mass is 10.0. The molecule has 2 aromatic rings. The standard InChI is InChI=1S/C18H16ClF4N3O/c19-13-2-1-3-14(20)16(13)17(27)25-12-6-8-26(9-7-12)15-5-4-11(10-24-15)18(21,22)23/h1-5,10,12H,6-9H2,(H,25,27). The molecule has 27 heavy (non-hydrogen) atoms. The number of aromatic nitrogens is 1. The number of anilines is 1. The Morgan fingerprint density at radius 3 is 2.44 bits per heavy atom.